The summed E-state index contributed by atoms with van der Waals surface area (Å²) in [5.74, 6) is 0.149. The van der Waals surface area contributed by atoms with Crippen LogP contribution in [0.3, 0.4) is 0 Å². The van der Waals surface area contributed by atoms with Gasteiger partial charge < -0.3 is 9.64 Å². The van der Waals surface area contributed by atoms with Crippen molar-refractivity contribution in [2.24, 2.45) is 5.92 Å². The van der Waals surface area contributed by atoms with Crippen LogP contribution in [-0.4, -0.2) is 36.0 Å². The van der Waals surface area contributed by atoms with Crippen molar-refractivity contribution in [3.05, 3.63) is 0 Å². The second kappa shape index (κ2) is 5.87. The normalized spacial score (nSPS) is 18.0. The van der Waals surface area contributed by atoms with Crippen LogP contribution in [0, 0.1) is 5.92 Å². The lowest BCUT2D eigenvalue weighted by molar-refractivity contribution is -0.154. The number of carbonyl (C=O) groups is 2. The smallest absolute Gasteiger partial charge is 0.328 e. The molecular formula is C12H21NO3. The average Bonchev–Trinajstić information content (AvgIpc) is 2.63. The molecule has 1 saturated heterocycles. The van der Waals surface area contributed by atoms with Crippen molar-refractivity contribution in [1.82, 2.24) is 4.90 Å². The maximum Gasteiger partial charge on any atom is 0.328 e. The average molecular weight is 227 g/mol. The highest BCUT2D eigenvalue weighted by molar-refractivity contribution is 5.85. The fourth-order valence-corrected chi connectivity index (χ4v) is 1.86. The van der Waals surface area contributed by atoms with Crippen molar-refractivity contribution in [3.8, 4) is 0 Å². The molecule has 16 heavy (non-hydrogen) atoms. The van der Waals surface area contributed by atoms with Gasteiger partial charge in [0.2, 0.25) is 5.91 Å². The molecule has 92 valence electrons. The summed E-state index contributed by atoms with van der Waals surface area (Å²) in [6.45, 7) is 7.02. The number of amides is 1. The lowest BCUT2D eigenvalue weighted by Gasteiger charge is -2.25. The molecule has 1 aliphatic heterocycles. The number of hydrogen-bond acceptors (Lipinski definition) is 3. The molecule has 1 aliphatic rings. The minimum Gasteiger partial charge on any atom is -0.464 e. The van der Waals surface area contributed by atoms with Gasteiger partial charge in [-0.3, -0.25) is 4.79 Å². The van der Waals surface area contributed by atoms with Crippen molar-refractivity contribution in [2.45, 2.75) is 46.1 Å². The van der Waals surface area contributed by atoms with Crippen molar-refractivity contribution < 1.29 is 14.3 Å². The Morgan fingerprint density at radius 2 is 2.19 bits per heavy atom. The molecule has 4 heteroatoms. The van der Waals surface area contributed by atoms with E-state index < -0.39 is 0 Å². The number of carbonyl (C=O) groups excluding carboxylic acids is 2. The van der Waals surface area contributed by atoms with Crippen LogP contribution in [0.5, 0.6) is 0 Å². The minimum atomic E-state index is -0.381. The fraction of sp³-hybridized carbons (Fsp3) is 0.833. The molecule has 1 rings (SSSR count). The molecule has 0 saturated carbocycles. The maximum absolute atomic E-state index is 11.8. The molecule has 0 spiro atoms. The zero-order valence-corrected chi connectivity index (χ0v) is 10.4. The van der Waals surface area contributed by atoms with E-state index in [1.165, 1.54) is 0 Å². The van der Waals surface area contributed by atoms with Gasteiger partial charge in [-0.2, -0.15) is 0 Å². The first-order valence-corrected chi connectivity index (χ1v) is 6.02. The van der Waals surface area contributed by atoms with Gasteiger partial charge in [0.15, 0.2) is 0 Å². The van der Waals surface area contributed by atoms with Crippen LogP contribution in [0.25, 0.3) is 0 Å². The Kier molecular flexibility index (Phi) is 4.77. The van der Waals surface area contributed by atoms with Gasteiger partial charge in [-0.05, 0) is 18.8 Å². The SMILES string of the molecule is CCC(C(=O)OCC(C)C)N1CCCC1=O. The molecule has 0 aromatic heterocycles. The van der Waals surface area contributed by atoms with Gasteiger partial charge in [0.25, 0.3) is 0 Å². The van der Waals surface area contributed by atoms with Crippen molar-refractivity contribution in [3.63, 3.8) is 0 Å². The number of rotatable bonds is 5. The third-order valence-electron chi connectivity index (χ3n) is 2.70. The predicted octanol–water partition coefficient (Wildman–Crippen LogP) is 1.59. The highest BCUT2D eigenvalue weighted by atomic mass is 16.5. The third kappa shape index (κ3) is 3.22. The molecule has 4 nitrogen and oxygen atoms in total. The largest absolute Gasteiger partial charge is 0.464 e. The Bertz CT molecular complexity index is 263. The second-order valence-corrected chi connectivity index (χ2v) is 4.64. The molecule has 1 unspecified atom stereocenters. The molecule has 0 N–H and O–H groups in total. The first-order chi connectivity index (χ1) is 7.56. The van der Waals surface area contributed by atoms with Crippen LogP contribution in [0.2, 0.25) is 0 Å². The first kappa shape index (κ1) is 13.0. The molecule has 0 radical (unpaired) electrons. The predicted molar refractivity (Wildman–Crippen MR) is 60.8 cm³/mol. The van der Waals surface area contributed by atoms with E-state index in [9.17, 15) is 9.59 Å². The Hall–Kier alpha value is -1.06. The van der Waals surface area contributed by atoms with Gasteiger partial charge in [-0.25, -0.2) is 4.79 Å². The number of hydrogen-bond donors (Lipinski definition) is 0. The third-order valence-corrected chi connectivity index (χ3v) is 2.70. The monoisotopic (exact) mass is 227 g/mol. The number of ether oxygens (including phenoxy) is 1. The quantitative estimate of drug-likeness (QED) is 0.670. The summed E-state index contributed by atoms with van der Waals surface area (Å²) in [5.41, 5.74) is 0. The van der Waals surface area contributed by atoms with E-state index in [0.717, 1.165) is 6.42 Å². The van der Waals surface area contributed by atoms with Crippen LogP contribution < -0.4 is 0 Å². The van der Waals surface area contributed by atoms with E-state index in [2.05, 4.69) is 0 Å². The summed E-state index contributed by atoms with van der Waals surface area (Å²) < 4.78 is 5.18. The number of nitrogens with zero attached hydrogens (tertiary/aromatic N) is 1. The topological polar surface area (TPSA) is 46.6 Å². The summed E-state index contributed by atoms with van der Waals surface area (Å²) in [6, 6.07) is -0.381. The van der Waals surface area contributed by atoms with Crippen molar-refractivity contribution in [1.29, 1.82) is 0 Å². The van der Waals surface area contributed by atoms with Crippen LogP contribution >= 0.6 is 0 Å². The minimum absolute atomic E-state index is 0.0772. The second-order valence-electron chi connectivity index (χ2n) is 4.64. The van der Waals surface area contributed by atoms with Crippen LogP contribution in [-0.2, 0) is 14.3 Å². The molecule has 0 aliphatic carbocycles. The van der Waals surface area contributed by atoms with Gasteiger partial charge >= 0.3 is 5.97 Å². The Balaban J connectivity index is 2.52. The summed E-state index contributed by atoms with van der Waals surface area (Å²) in [4.78, 5) is 25.0. The molecule has 1 amide bonds. The Labute approximate surface area is 96.9 Å². The van der Waals surface area contributed by atoms with Gasteiger partial charge in [0, 0.05) is 13.0 Å². The van der Waals surface area contributed by atoms with Crippen molar-refractivity contribution in [2.75, 3.05) is 13.2 Å². The van der Waals surface area contributed by atoms with Gasteiger partial charge in [-0.1, -0.05) is 20.8 Å². The van der Waals surface area contributed by atoms with E-state index in [4.69, 9.17) is 4.74 Å². The molecular weight excluding hydrogens is 206 g/mol. The van der Waals surface area contributed by atoms with E-state index in [1.54, 1.807) is 4.90 Å². The number of esters is 1. The summed E-state index contributed by atoms with van der Waals surface area (Å²) in [7, 11) is 0. The number of likely N-dealkylation sites (tertiary alicyclic amines) is 1. The Morgan fingerprint density at radius 1 is 1.50 bits per heavy atom. The van der Waals surface area contributed by atoms with Gasteiger partial charge in [0.05, 0.1) is 6.61 Å². The summed E-state index contributed by atoms with van der Waals surface area (Å²) in [6.07, 6.45) is 2.05. The first-order valence-electron chi connectivity index (χ1n) is 6.02. The van der Waals surface area contributed by atoms with E-state index in [1.807, 2.05) is 20.8 Å². The lowest BCUT2D eigenvalue weighted by Crippen LogP contribution is -2.42. The van der Waals surface area contributed by atoms with Gasteiger partial charge in [-0.15, -0.1) is 0 Å². The molecule has 0 bridgehead atoms. The van der Waals surface area contributed by atoms with E-state index in [0.29, 0.717) is 31.9 Å². The van der Waals surface area contributed by atoms with E-state index in [-0.39, 0.29) is 17.9 Å². The molecule has 1 heterocycles. The zero-order valence-electron chi connectivity index (χ0n) is 10.4. The highest BCUT2D eigenvalue weighted by Gasteiger charge is 2.32. The molecule has 1 atom stereocenters. The summed E-state index contributed by atoms with van der Waals surface area (Å²) >= 11 is 0. The lowest BCUT2D eigenvalue weighted by atomic mass is 10.2. The maximum atomic E-state index is 11.8. The molecule has 0 aromatic carbocycles. The van der Waals surface area contributed by atoms with Crippen LogP contribution in [0.1, 0.15) is 40.0 Å². The fourth-order valence-electron chi connectivity index (χ4n) is 1.86. The highest BCUT2D eigenvalue weighted by Crippen LogP contribution is 2.17. The Morgan fingerprint density at radius 3 is 2.62 bits per heavy atom. The van der Waals surface area contributed by atoms with Crippen LogP contribution in [0.15, 0.2) is 0 Å². The molecule has 0 aromatic rings. The van der Waals surface area contributed by atoms with Gasteiger partial charge in [0.1, 0.15) is 6.04 Å². The van der Waals surface area contributed by atoms with Crippen molar-refractivity contribution >= 4 is 11.9 Å². The summed E-state index contributed by atoms with van der Waals surface area (Å²) in [5, 5.41) is 0. The zero-order chi connectivity index (χ0) is 12.1. The standard InChI is InChI=1S/C12H21NO3/c1-4-10(12(15)16-8-9(2)3)13-7-5-6-11(13)14/h9-10H,4-8H2,1-3H3. The van der Waals surface area contributed by atoms with E-state index >= 15 is 0 Å². The van der Waals surface area contributed by atoms with Crippen LogP contribution in [0.4, 0.5) is 0 Å². The molecule has 1 fully saturated rings.